The Morgan fingerprint density at radius 2 is 1.82 bits per heavy atom. The zero-order valence-corrected chi connectivity index (χ0v) is 19.3. The van der Waals surface area contributed by atoms with Gasteiger partial charge < -0.3 is 24.6 Å². The van der Waals surface area contributed by atoms with Gasteiger partial charge in [0.2, 0.25) is 0 Å². The Balaban J connectivity index is 1.69. The van der Waals surface area contributed by atoms with Gasteiger partial charge >= 0.3 is 6.03 Å². The molecule has 1 aliphatic rings. The van der Waals surface area contributed by atoms with Crippen LogP contribution in [0.25, 0.3) is 6.08 Å². The van der Waals surface area contributed by atoms with Gasteiger partial charge in [0.05, 0.1) is 20.8 Å². The Morgan fingerprint density at radius 3 is 2.42 bits per heavy atom. The van der Waals surface area contributed by atoms with Crippen LogP contribution in [0, 0.1) is 0 Å². The molecule has 0 spiro atoms. The van der Waals surface area contributed by atoms with Crippen LogP contribution in [0.15, 0.2) is 48.5 Å². The molecule has 3 amide bonds. The molecule has 8 nitrogen and oxygen atoms in total. The van der Waals surface area contributed by atoms with Crippen molar-refractivity contribution in [2.75, 3.05) is 27.4 Å². The Bertz CT molecular complexity index is 1020. The number of allylic oxidation sites excluding steroid dienone is 1. The molecule has 2 N–H and O–H groups in total. The lowest BCUT2D eigenvalue weighted by atomic mass is 9.87. The second-order valence-corrected chi connectivity index (χ2v) is 7.71. The maximum atomic E-state index is 13.3. The predicted molar refractivity (Wildman–Crippen MR) is 124 cm³/mol. The Morgan fingerprint density at radius 1 is 1.09 bits per heavy atom. The zero-order valence-electron chi connectivity index (χ0n) is 19.3. The molecule has 2 aromatic carbocycles. The van der Waals surface area contributed by atoms with E-state index in [0.717, 1.165) is 10.5 Å². The van der Waals surface area contributed by atoms with Crippen molar-refractivity contribution in [1.82, 2.24) is 10.2 Å². The number of nitrogens with zero attached hydrogens (tertiary/aromatic N) is 1. The molecule has 176 valence electrons. The molecule has 0 radical (unpaired) electrons. The lowest BCUT2D eigenvalue weighted by Crippen LogP contribution is -2.44. The topological polar surface area (TPSA) is 97.3 Å². The maximum Gasteiger partial charge on any atom is 0.325 e. The first-order valence-electron chi connectivity index (χ1n) is 10.8. The summed E-state index contributed by atoms with van der Waals surface area (Å²) in [5, 5.41) is 13.3. The highest BCUT2D eigenvalue weighted by atomic mass is 16.5. The number of aliphatic hydroxyl groups is 1. The second kappa shape index (κ2) is 10.4. The van der Waals surface area contributed by atoms with Crippen molar-refractivity contribution in [2.24, 2.45) is 0 Å². The number of hydrogen-bond donors (Lipinski definition) is 2. The minimum Gasteiger partial charge on any atom is -0.497 e. The van der Waals surface area contributed by atoms with Gasteiger partial charge in [-0.1, -0.05) is 37.3 Å². The van der Waals surface area contributed by atoms with E-state index in [1.807, 2.05) is 38.1 Å². The number of benzene rings is 2. The van der Waals surface area contributed by atoms with Gasteiger partial charge in [-0.2, -0.15) is 0 Å². The number of carbonyl (C=O) groups is 2. The molecule has 1 saturated heterocycles. The standard InChI is InChI=1S/C25H30N2O6/c1-5-7-17-8-13-21(22(14-17)32-4)33-16-19(28)15-27-23(29)25(6-2,26-24(27)30)18-9-11-20(31-3)12-10-18/h5,7-14,19,28H,6,15-16H2,1-4H3,(H,26,30)/b7-5+. The van der Waals surface area contributed by atoms with Crippen LogP contribution in [-0.2, 0) is 10.3 Å². The fraction of sp³-hybridized carbons (Fsp3) is 0.360. The molecule has 0 bridgehead atoms. The van der Waals surface area contributed by atoms with Crippen LogP contribution in [0.3, 0.4) is 0 Å². The summed E-state index contributed by atoms with van der Waals surface area (Å²) in [6.07, 6.45) is 3.13. The Hall–Kier alpha value is -3.52. The summed E-state index contributed by atoms with van der Waals surface area (Å²) >= 11 is 0. The summed E-state index contributed by atoms with van der Waals surface area (Å²) in [7, 11) is 3.10. The number of ether oxygens (including phenoxy) is 3. The van der Waals surface area contributed by atoms with Gasteiger partial charge in [-0.05, 0) is 48.7 Å². The molecule has 8 heteroatoms. The van der Waals surface area contributed by atoms with E-state index in [0.29, 0.717) is 29.2 Å². The van der Waals surface area contributed by atoms with E-state index in [2.05, 4.69) is 5.32 Å². The minimum absolute atomic E-state index is 0.113. The molecular weight excluding hydrogens is 424 g/mol. The van der Waals surface area contributed by atoms with Crippen molar-refractivity contribution in [3.05, 3.63) is 59.7 Å². The van der Waals surface area contributed by atoms with E-state index in [-0.39, 0.29) is 13.2 Å². The molecule has 3 rings (SSSR count). The number of carbonyl (C=O) groups excluding carboxylic acids is 2. The normalized spacial score (nSPS) is 19.0. The van der Waals surface area contributed by atoms with Crippen LogP contribution in [0.4, 0.5) is 4.79 Å². The van der Waals surface area contributed by atoms with E-state index in [1.165, 1.54) is 7.11 Å². The smallest absolute Gasteiger partial charge is 0.325 e. The largest absolute Gasteiger partial charge is 0.497 e. The monoisotopic (exact) mass is 454 g/mol. The summed E-state index contributed by atoms with van der Waals surface area (Å²) in [4.78, 5) is 27.0. The van der Waals surface area contributed by atoms with Crippen molar-refractivity contribution in [1.29, 1.82) is 0 Å². The van der Waals surface area contributed by atoms with Gasteiger partial charge in [0.1, 0.15) is 24.0 Å². The minimum atomic E-state index is -1.18. The van der Waals surface area contributed by atoms with Crippen molar-refractivity contribution >= 4 is 18.0 Å². The summed E-state index contributed by atoms with van der Waals surface area (Å²) in [6.45, 7) is 3.44. The van der Waals surface area contributed by atoms with Gasteiger partial charge in [0, 0.05) is 0 Å². The predicted octanol–water partition coefficient (Wildman–Crippen LogP) is 3.33. The number of β-amino-alcohol motifs (C(OH)–C–C–N with tert-alkyl or cyclic N) is 1. The molecular formula is C25H30N2O6. The third-order valence-corrected chi connectivity index (χ3v) is 5.66. The van der Waals surface area contributed by atoms with Crippen LogP contribution in [0.5, 0.6) is 17.2 Å². The molecule has 1 aliphatic heterocycles. The zero-order chi connectivity index (χ0) is 24.0. The number of imide groups is 1. The Labute approximate surface area is 193 Å². The van der Waals surface area contributed by atoms with Crippen molar-refractivity contribution in [3.8, 4) is 17.2 Å². The van der Waals surface area contributed by atoms with Crippen molar-refractivity contribution < 1.29 is 28.9 Å². The molecule has 2 aromatic rings. The Kier molecular flexibility index (Phi) is 7.60. The number of rotatable bonds is 10. The first-order chi connectivity index (χ1) is 15.9. The van der Waals surface area contributed by atoms with Gasteiger partial charge in [-0.3, -0.25) is 9.69 Å². The summed E-state index contributed by atoms with van der Waals surface area (Å²) < 4.78 is 16.2. The molecule has 1 heterocycles. The third-order valence-electron chi connectivity index (χ3n) is 5.66. The number of nitrogens with one attached hydrogen (secondary N) is 1. The van der Waals surface area contributed by atoms with E-state index in [1.54, 1.807) is 37.4 Å². The molecule has 33 heavy (non-hydrogen) atoms. The molecule has 0 saturated carbocycles. The number of urea groups is 1. The van der Waals surface area contributed by atoms with E-state index in [9.17, 15) is 14.7 Å². The average molecular weight is 455 g/mol. The van der Waals surface area contributed by atoms with Gasteiger partial charge in [-0.15, -0.1) is 0 Å². The van der Waals surface area contributed by atoms with Gasteiger partial charge in [0.25, 0.3) is 5.91 Å². The molecule has 2 unspecified atom stereocenters. The fourth-order valence-corrected chi connectivity index (χ4v) is 3.86. The fourth-order valence-electron chi connectivity index (χ4n) is 3.86. The van der Waals surface area contributed by atoms with E-state index < -0.39 is 23.6 Å². The third kappa shape index (κ3) is 4.96. The summed E-state index contributed by atoms with van der Waals surface area (Å²) in [5.41, 5.74) is 0.426. The number of methoxy groups -OCH3 is 2. The lowest BCUT2D eigenvalue weighted by Gasteiger charge is -2.26. The van der Waals surface area contributed by atoms with Crippen LogP contribution in [0.2, 0.25) is 0 Å². The SMILES string of the molecule is C/C=C/c1ccc(OCC(O)CN2C(=O)NC(CC)(c3ccc(OC)cc3)C2=O)c(OC)c1. The highest BCUT2D eigenvalue weighted by Gasteiger charge is 2.51. The van der Waals surface area contributed by atoms with Crippen LogP contribution >= 0.6 is 0 Å². The summed E-state index contributed by atoms with van der Waals surface area (Å²) in [5.74, 6) is 1.23. The van der Waals surface area contributed by atoms with Crippen LogP contribution in [0.1, 0.15) is 31.4 Å². The first kappa shape index (κ1) is 24.1. The molecule has 0 aromatic heterocycles. The van der Waals surface area contributed by atoms with E-state index in [4.69, 9.17) is 14.2 Å². The number of aliphatic hydroxyl groups excluding tert-OH is 1. The van der Waals surface area contributed by atoms with Gasteiger partial charge in [-0.25, -0.2) is 4.79 Å². The second-order valence-electron chi connectivity index (χ2n) is 7.71. The highest BCUT2D eigenvalue weighted by molar-refractivity contribution is 6.07. The van der Waals surface area contributed by atoms with Crippen molar-refractivity contribution in [3.63, 3.8) is 0 Å². The first-order valence-corrected chi connectivity index (χ1v) is 10.8. The quantitative estimate of drug-likeness (QED) is 0.535. The number of hydrogen-bond acceptors (Lipinski definition) is 6. The lowest BCUT2D eigenvalue weighted by molar-refractivity contribution is -0.132. The summed E-state index contributed by atoms with van der Waals surface area (Å²) in [6, 6.07) is 11.9. The molecule has 2 atom stereocenters. The van der Waals surface area contributed by atoms with E-state index >= 15 is 0 Å². The number of amides is 3. The van der Waals surface area contributed by atoms with Gasteiger partial charge in [0.15, 0.2) is 11.5 Å². The van der Waals surface area contributed by atoms with Crippen molar-refractivity contribution in [2.45, 2.75) is 31.9 Å². The van der Waals surface area contributed by atoms with Crippen LogP contribution < -0.4 is 19.5 Å². The molecule has 1 fully saturated rings. The molecule has 0 aliphatic carbocycles. The van der Waals surface area contributed by atoms with Crippen LogP contribution in [-0.4, -0.2) is 55.4 Å². The average Bonchev–Trinajstić information content (AvgIpc) is 3.08. The maximum absolute atomic E-state index is 13.3. The highest BCUT2D eigenvalue weighted by Crippen LogP contribution is 2.34.